The van der Waals surface area contributed by atoms with Gasteiger partial charge in [0.05, 0.1) is 16.7 Å². The van der Waals surface area contributed by atoms with Crippen molar-refractivity contribution in [2.45, 2.75) is 89.8 Å². The Bertz CT molecular complexity index is 1170. The quantitative estimate of drug-likeness (QED) is 0.253. The number of piperidine rings is 1. The van der Waals surface area contributed by atoms with E-state index in [9.17, 15) is 31.1 Å². The fourth-order valence-corrected chi connectivity index (χ4v) is 5.32. The number of rotatable bonds is 6. The largest absolute Gasteiger partial charge is 0.454 e. The van der Waals surface area contributed by atoms with Crippen LogP contribution in [0.3, 0.4) is 0 Å². The Balaban J connectivity index is 2.22. The van der Waals surface area contributed by atoms with Gasteiger partial charge in [-0.2, -0.15) is 26.3 Å². The number of alkyl halides is 8. The van der Waals surface area contributed by atoms with Gasteiger partial charge >= 0.3 is 18.3 Å². The van der Waals surface area contributed by atoms with Crippen molar-refractivity contribution in [2.24, 2.45) is 5.41 Å². The number of hydrogen-bond acceptors (Lipinski definition) is 3. The lowest BCUT2D eigenvalue weighted by molar-refractivity contribution is -0.231. The number of ether oxygens (including phenoxy) is 1. The Morgan fingerprint density at radius 3 is 1.82 bits per heavy atom. The number of benzene rings is 2. The fraction of sp³-hybridized carbons (Fsp3) is 0.552. The van der Waals surface area contributed by atoms with Gasteiger partial charge in [-0.15, -0.1) is 0 Å². The molecule has 1 aliphatic heterocycles. The number of carbonyl (C=O) groups is 1. The van der Waals surface area contributed by atoms with Crippen LogP contribution in [-0.2, 0) is 27.4 Å². The van der Waals surface area contributed by atoms with E-state index in [1.165, 1.54) is 19.1 Å². The van der Waals surface area contributed by atoms with Crippen LogP contribution < -0.4 is 0 Å². The van der Waals surface area contributed by atoms with Crippen molar-refractivity contribution in [3.05, 3.63) is 70.8 Å². The third-order valence-electron chi connectivity index (χ3n) is 7.42. The number of carbonyl (C=O) groups excluding carboxylic acids is 1. The summed E-state index contributed by atoms with van der Waals surface area (Å²) in [6, 6.07) is 7.41. The minimum atomic E-state index is -4.67. The summed E-state index contributed by atoms with van der Waals surface area (Å²) in [6.07, 6.45) is -11.2. The summed E-state index contributed by atoms with van der Waals surface area (Å²) < 4.78 is 116. The molecule has 0 aromatic heterocycles. The van der Waals surface area contributed by atoms with Crippen molar-refractivity contribution < 1.29 is 44.7 Å². The standard InChI is InChI=1S/C29H33F8NO2/c1-18(39)40-24-26(5,20-10-12-22(13-11-20)29(35,36)37)38(17-16-27(24,30)31)23(14-15-25(2,3)4)19-6-8-21(9-7-19)28(32,33)34/h6-13,23-24H,14-17H2,1-5H3. The molecule has 3 unspecified atom stereocenters. The predicted octanol–water partition coefficient (Wildman–Crippen LogP) is 8.78. The Morgan fingerprint density at radius 2 is 1.40 bits per heavy atom. The molecule has 0 spiro atoms. The van der Waals surface area contributed by atoms with E-state index in [1.54, 1.807) is 4.90 Å². The number of esters is 1. The summed E-state index contributed by atoms with van der Waals surface area (Å²) in [4.78, 5) is 13.6. The average molecular weight is 580 g/mol. The molecule has 0 N–H and O–H groups in total. The molecule has 0 radical (unpaired) electrons. The average Bonchev–Trinajstić information content (AvgIpc) is 2.81. The summed E-state index contributed by atoms with van der Waals surface area (Å²) in [5, 5.41) is 0. The zero-order valence-electron chi connectivity index (χ0n) is 22.9. The maximum Gasteiger partial charge on any atom is 0.416 e. The number of hydrogen-bond donors (Lipinski definition) is 0. The second kappa shape index (κ2) is 10.9. The first-order valence-corrected chi connectivity index (χ1v) is 12.8. The molecule has 40 heavy (non-hydrogen) atoms. The van der Waals surface area contributed by atoms with E-state index in [0.717, 1.165) is 43.3 Å². The third kappa shape index (κ3) is 6.95. The predicted molar refractivity (Wildman–Crippen MR) is 133 cm³/mol. The van der Waals surface area contributed by atoms with Crippen molar-refractivity contribution in [1.29, 1.82) is 0 Å². The van der Waals surface area contributed by atoms with E-state index in [2.05, 4.69) is 0 Å². The highest BCUT2D eigenvalue weighted by Crippen LogP contribution is 2.51. The zero-order valence-corrected chi connectivity index (χ0v) is 22.9. The molecule has 0 bridgehead atoms. The molecule has 1 heterocycles. The topological polar surface area (TPSA) is 29.5 Å². The van der Waals surface area contributed by atoms with Gasteiger partial charge < -0.3 is 4.74 Å². The normalized spacial score (nSPS) is 23.1. The zero-order chi connectivity index (χ0) is 30.3. The number of halogens is 8. The van der Waals surface area contributed by atoms with Gasteiger partial charge in [0.25, 0.3) is 5.92 Å². The van der Waals surface area contributed by atoms with Crippen LogP contribution in [-0.4, -0.2) is 29.4 Å². The molecule has 3 nitrogen and oxygen atoms in total. The van der Waals surface area contributed by atoms with Gasteiger partial charge in [0.2, 0.25) is 0 Å². The molecule has 1 aliphatic rings. The third-order valence-corrected chi connectivity index (χ3v) is 7.42. The summed E-state index contributed by atoms with van der Waals surface area (Å²) in [5.74, 6) is -4.53. The Hall–Kier alpha value is -2.69. The fourth-order valence-electron chi connectivity index (χ4n) is 5.32. The van der Waals surface area contributed by atoms with Crippen LogP contribution in [0.1, 0.15) is 82.2 Å². The highest BCUT2D eigenvalue weighted by atomic mass is 19.4. The minimum Gasteiger partial charge on any atom is -0.454 e. The van der Waals surface area contributed by atoms with Crippen molar-refractivity contribution in [3.63, 3.8) is 0 Å². The molecular weight excluding hydrogens is 546 g/mol. The Labute approximate surface area is 228 Å². The van der Waals surface area contributed by atoms with Crippen LogP contribution in [0.4, 0.5) is 35.1 Å². The van der Waals surface area contributed by atoms with Crippen molar-refractivity contribution in [3.8, 4) is 0 Å². The van der Waals surface area contributed by atoms with E-state index in [1.807, 2.05) is 20.8 Å². The molecule has 222 valence electrons. The maximum absolute atomic E-state index is 15.5. The lowest BCUT2D eigenvalue weighted by Gasteiger charge is -2.55. The van der Waals surface area contributed by atoms with Gasteiger partial charge in [-0.05, 0) is 60.6 Å². The smallest absolute Gasteiger partial charge is 0.416 e. The molecule has 0 aliphatic carbocycles. The van der Waals surface area contributed by atoms with Crippen LogP contribution in [0.25, 0.3) is 0 Å². The first-order valence-electron chi connectivity index (χ1n) is 12.8. The van der Waals surface area contributed by atoms with Crippen molar-refractivity contribution in [2.75, 3.05) is 6.54 Å². The number of likely N-dealkylation sites (tertiary alicyclic amines) is 1. The van der Waals surface area contributed by atoms with Gasteiger partial charge in [-0.3, -0.25) is 9.69 Å². The van der Waals surface area contributed by atoms with Crippen LogP contribution in [0.5, 0.6) is 0 Å². The minimum absolute atomic E-state index is 0.0544. The van der Waals surface area contributed by atoms with Gasteiger partial charge in [-0.25, -0.2) is 8.78 Å². The van der Waals surface area contributed by atoms with E-state index >= 15 is 8.78 Å². The Kier molecular flexibility index (Phi) is 8.71. The van der Waals surface area contributed by atoms with Crippen LogP contribution in [0, 0.1) is 5.41 Å². The van der Waals surface area contributed by atoms with Gasteiger partial charge in [0.15, 0.2) is 6.10 Å². The maximum atomic E-state index is 15.5. The molecule has 2 aromatic rings. The first-order chi connectivity index (χ1) is 18.2. The summed E-state index contributed by atoms with van der Waals surface area (Å²) in [5.41, 5.74) is -3.45. The van der Waals surface area contributed by atoms with Crippen LogP contribution in [0.2, 0.25) is 0 Å². The van der Waals surface area contributed by atoms with Crippen LogP contribution >= 0.6 is 0 Å². The molecule has 1 saturated heterocycles. The van der Waals surface area contributed by atoms with E-state index in [4.69, 9.17) is 4.74 Å². The van der Waals surface area contributed by atoms with Crippen LogP contribution in [0.15, 0.2) is 48.5 Å². The van der Waals surface area contributed by atoms with Crippen molar-refractivity contribution in [1.82, 2.24) is 4.90 Å². The molecule has 11 heteroatoms. The van der Waals surface area contributed by atoms with E-state index in [0.29, 0.717) is 18.4 Å². The summed E-state index contributed by atoms with van der Waals surface area (Å²) in [7, 11) is 0. The van der Waals surface area contributed by atoms with Gasteiger partial charge in [0, 0.05) is 25.9 Å². The molecule has 2 aromatic carbocycles. The van der Waals surface area contributed by atoms with Crippen molar-refractivity contribution >= 4 is 5.97 Å². The molecule has 3 rings (SSSR count). The molecule has 0 amide bonds. The lowest BCUT2D eigenvalue weighted by atomic mass is 9.74. The molecule has 1 fully saturated rings. The molecular formula is C29H33F8NO2. The number of nitrogens with zero attached hydrogens (tertiary/aromatic N) is 1. The highest BCUT2D eigenvalue weighted by molar-refractivity contribution is 5.66. The second-order valence-electron chi connectivity index (χ2n) is 11.7. The highest BCUT2D eigenvalue weighted by Gasteiger charge is 2.61. The van der Waals surface area contributed by atoms with Gasteiger partial charge in [-0.1, -0.05) is 45.0 Å². The molecule has 0 saturated carbocycles. The first kappa shape index (κ1) is 31.8. The lowest BCUT2D eigenvalue weighted by Crippen LogP contribution is -2.65. The summed E-state index contributed by atoms with van der Waals surface area (Å²) in [6.45, 7) is 7.96. The van der Waals surface area contributed by atoms with E-state index in [-0.39, 0.29) is 17.5 Å². The Morgan fingerprint density at radius 1 is 0.925 bits per heavy atom. The van der Waals surface area contributed by atoms with Gasteiger partial charge in [0.1, 0.15) is 0 Å². The SMILES string of the molecule is CC(=O)OC1C(F)(F)CCN(C(CCC(C)(C)C)c2ccc(C(F)(F)F)cc2)C1(C)c1ccc(C(F)(F)F)cc1. The second-order valence-corrected chi connectivity index (χ2v) is 11.7. The monoisotopic (exact) mass is 579 g/mol. The summed E-state index contributed by atoms with van der Waals surface area (Å²) >= 11 is 0. The molecule has 3 atom stereocenters. The van der Waals surface area contributed by atoms with E-state index < -0.39 is 59.5 Å².